The summed E-state index contributed by atoms with van der Waals surface area (Å²) in [7, 11) is 0. The number of aromatic nitrogens is 12. The molecule has 4 N–H and O–H groups in total. The third-order valence-corrected chi connectivity index (χ3v) is 14.5. The number of amides is 1. The summed E-state index contributed by atoms with van der Waals surface area (Å²) in [5.41, 5.74) is 15.7. The molecule has 0 spiro atoms. The third-order valence-electron chi connectivity index (χ3n) is 14.5. The van der Waals surface area contributed by atoms with Crippen LogP contribution in [0.2, 0.25) is 0 Å². The van der Waals surface area contributed by atoms with Crippen LogP contribution in [0.1, 0.15) is 385 Å². The minimum atomic E-state index is 0.0576. The minimum absolute atomic E-state index is 0.0576. The Morgan fingerprint density at radius 1 is 0.411 bits per heavy atom. The van der Waals surface area contributed by atoms with Crippen LogP contribution in [0.3, 0.4) is 0 Å². The molecule has 9 aromatic rings. The van der Waals surface area contributed by atoms with Gasteiger partial charge in [0.1, 0.15) is 6.54 Å². The van der Waals surface area contributed by atoms with Crippen molar-refractivity contribution in [1.82, 2.24) is 65.6 Å². The largest absolute Gasteiger partial charge is 0.354 e. The fraction of sp³-hybridized carbons (Fsp3) is 0.581. The lowest BCUT2D eigenvalue weighted by atomic mass is 9.87. The molecule has 0 saturated carbocycles. The van der Waals surface area contributed by atoms with Gasteiger partial charge in [0.15, 0.2) is 0 Å². The van der Waals surface area contributed by atoms with Gasteiger partial charge in [-0.3, -0.25) is 44.7 Å². The summed E-state index contributed by atoms with van der Waals surface area (Å²) in [6.07, 6.45) is 22.5. The zero-order valence-electron chi connectivity index (χ0n) is 75.9. The zero-order chi connectivity index (χ0) is 83.9. The average molecular weight is 1480 g/mol. The Hall–Kier alpha value is -7.87. The molecule has 0 bridgehead atoms. The Kier molecular flexibility index (Phi) is 77.4. The number of pyridine rings is 4. The Morgan fingerprint density at radius 3 is 1.29 bits per heavy atom. The van der Waals surface area contributed by atoms with Crippen LogP contribution >= 0.6 is 0 Å². The highest BCUT2D eigenvalue weighted by Gasteiger charge is 2.17. The van der Waals surface area contributed by atoms with E-state index in [1.807, 2.05) is 215 Å². The predicted molar refractivity (Wildman–Crippen MR) is 473 cm³/mol. The molecule has 14 nitrogen and oxygen atoms in total. The zero-order valence-corrected chi connectivity index (χ0v) is 75.9. The highest BCUT2D eigenvalue weighted by molar-refractivity contribution is 5.76. The standard InChI is InChI=1S/C12H17N.C10H15N3O.C10H14.3C8H11N.C7H12N2.2C6H10N2.9C2H6/c1-9(2)11-8-7-10-5-3-4-6-12(10)13-11;1-7(2)9-5-8-3-4-11-10(14)6-13(8)12-9;1-10(2,3)9-7-5-4-6-8-9;1-7(2)8-3-5-9-6-4-8;1-7(2)8-4-3-5-9-6-8;1-7(2)8-5-3-4-6-9-8;1-7(2,3)6-4-5-8-9-6;1-5(2)6-3-7-8-4-6;1-5(2)6-3-4-7-8-6;9*1-2/h7-9H,3-6H2,1-2H3;5,7H,3-4,6H2,1-2H3,(H,11,14);4-8H,1-3H3;3*3-7H,1-2H3;4-5H,1-3H3,(H,8,9);2*3-5H,1-2H3,(H,7,8);9*1-2H3. The average Bonchev–Trinajstić information content (AvgIpc) is 1.81. The van der Waals surface area contributed by atoms with Crippen LogP contribution in [-0.4, -0.2) is 72.8 Å². The van der Waals surface area contributed by atoms with Gasteiger partial charge in [-0.1, -0.05) is 312 Å². The Bertz CT molecular complexity index is 3030. The van der Waals surface area contributed by atoms with Crippen molar-refractivity contribution in [1.29, 1.82) is 0 Å². The molecule has 1 aromatic carbocycles. The summed E-state index contributed by atoms with van der Waals surface area (Å²) < 4.78 is 1.82. The van der Waals surface area contributed by atoms with Gasteiger partial charge in [-0.25, -0.2) is 0 Å². The number of rotatable bonds is 7. The second-order valence-electron chi connectivity index (χ2n) is 26.7. The number of H-pyrrole nitrogens is 3. The van der Waals surface area contributed by atoms with Gasteiger partial charge in [0.25, 0.3) is 0 Å². The van der Waals surface area contributed by atoms with Crippen LogP contribution in [0.5, 0.6) is 0 Å². The highest BCUT2D eigenvalue weighted by Crippen LogP contribution is 2.24. The SMILES string of the molecule is CC.CC.CC.CC.CC.CC.CC.CC.CC.CC(C)(C)c1ccccc1.CC(C)(C)c1ccn[nH]1.CC(C)c1cc2n(n1)CC(=O)NCC2.CC(C)c1ccc2c(n1)CCCC2.CC(C)c1ccccn1.CC(C)c1cccnc1.CC(C)c1ccn[nH]1.CC(C)c1ccncc1.CC(C)c1cn[nH]c1. The number of benzene rings is 1. The van der Waals surface area contributed by atoms with Crippen molar-refractivity contribution in [2.45, 2.75) is 354 Å². The van der Waals surface area contributed by atoms with Gasteiger partial charge in [-0.05, 0) is 155 Å². The fourth-order valence-corrected chi connectivity index (χ4v) is 8.50. The lowest BCUT2D eigenvalue weighted by Crippen LogP contribution is -2.26. The summed E-state index contributed by atoms with van der Waals surface area (Å²) >= 11 is 0. The van der Waals surface area contributed by atoms with Crippen molar-refractivity contribution < 1.29 is 4.79 Å². The van der Waals surface area contributed by atoms with Gasteiger partial charge in [-0.2, -0.15) is 20.4 Å². The minimum Gasteiger partial charge on any atom is -0.354 e. The van der Waals surface area contributed by atoms with E-state index in [2.05, 4.69) is 249 Å². The molecule has 8 aromatic heterocycles. The number of aryl methyl sites for hydroxylation is 2. The molecular formula is C93H165N13O. The Balaban J connectivity index is -0.000000206. The summed E-state index contributed by atoms with van der Waals surface area (Å²) in [4.78, 5) is 28.1. The highest BCUT2D eigenvalue weighted by atomic mass is 16.2. The number of hydrogen-bond donors (Lipinski definition) is 4. The van der Waals surface area contributed by atoms with Crippen LogP contribution in [0.25, 0.3) is 0 Å². The molecule has 14 heteroatoms. The van der Waals surface area contributed by atoms with Crippen molar-refractivity contribution in [2.75, 3.05) is 6.54 Å². The topological polar surface area (TPSA) is 185 Å². The first-order chi connectivity index (χ1) is 51.2. The van der Waals surface area contributed by atoms with Crippen LogP contribution in [0.4, 0.5) is 0 Å². The van der Waals surface area contributed by atoms with Gasteiger partial charge in [0.2, 0.25) is 5.91 Å². The lowest BCUT2D eigenvalue weighted by molar-refractivity contribution is -0.121. The second-order valence-corrected chi connectivity index (χ2v) is 26.7. The second kappa shape index (κ2) is 73.6. The number of carbonyl (C=O) groups excluding carboxylic acids is 1. The van der Waals surface area contributed by atoms with E-state index >= 15 is 0 Å². The molecule has 1 aliphatic carbocycles. The van der Waals surface area contributed by atoms with Gasteiger partial charge < -0.3 is 5.32 Å². The number of hydrogen-bond acceptors (Lipinski definition) is 9. The van der Waals surface area contributed by atoms with Crippen LogP contribution < -0.4 is 5.32 Å². The van der Waals surface area contributed by atoms with Gasteiger partial charge in [-0.15, -0.1) is 0 Å². The molecule has 1 aliphatic heterocycles. The third kappa shape index (κ3) is 56.1. The molecule has 0 unspecified atom stereocenters. The van der Waals surface area contributed by atoms with Crippen molar-refractivity contribution in [2.24, 2.45) is 0 Å². The molecule has 9 heterocycles. The maximum absolute atomic E-state index is 11.3. The van der Waals surface area contributed by atoms with Gasteiger partial charge in [0.05, 0.1) is 11.9 Å². The molecule has 11 rings (SSSR count). The first-order valence-electron chi connectivity index (χ1n) is 41.2. The number of nitrogens with one attached hydrogen (secondary N) is 4. The number of nitrogens with zero attached hydrogens (tertiary/aromatic N) is 9. The van der Waals surface area contributed by atoms with Crippen LogP contribution in [-0.2, 0) is 41.4 Å². The summed E-state index contributed by atoms with van der Waals surface area (Å²) in [5.74, 6) is 3.97. The molecule has 1 amide bonds. The Morgan fingerprint density at radius 2 is 0.935 bits per heavy atom. The van der Waals surface area contributed by atoms with E-state index in [4.69, 9.17) is 4.98 Å². The van der Waals surface area contributed by atoms with E-state index < -0.39 is 0 Å². The quantitative estimate of drug-likeness (QED) is 0.121. The van der Waals surface area contributed by atoms with Crippen LogP contribution in [0, 0.1) is 0 Å². The van der Waals surface area contributed by atoms with Crippen molar-refractivity contribution in [3.8, 4) is 0 Å². The molecule has 0 atom stereocenters. The first-order valence-corrected chi connectivity index (χ1v) is 41.2. The molecule has 0 saturated heterocycles. The van der Waals surface area contributed by atoms with Gasteiger partial charge in [0, 0.05) is 102 Å². The smallest absolute Gasteiger partial charge is 0.241 e. The van der Waals surface area contributed by atoms with E-state index in [-0.39, 0.29) is 11.3 Å². The number of aromatic amines is 3. The fourth-order valence-electron chi connectivity index (χ4n) is 8.50. The summed E-state index contributed by atoms with van der Waals surface area (Å²) in [6, 6.07) is 35.3. The van der Waals surface area contributed by atoms with Crippen molar-refractivity contribution in [3.05, 3.63) is 227 Å². The lowest BCUT2D eigenvalue weighted by Gasteiger charge is -2.18. The van der Waals surface area contributed by atoms with E-state index in [1.54, 1.807) is 18.6 Å². The molecular weight excluding hydrogens is 1320 g/mol. The molecule has 0 radical (unpaired) electrons. The number of fused-ring (bicyclic) bond motifs is 2. The molecule has 608 valence electrons. The Labute approximate surface area is 659 Å². The maximum atomic E-state index is 11.3. The maximum Gasteiger partial charge on any atom is 0.241 e. The van der Waals surface area contributed by atoms with Crippen molar-refractivity contribution >= 4 is 5.91 Å². The molecule has 0 fully saturated rings. The van der Waals surface area contributed by atoms with Crippen molar-refractivity contribution in [3.63, 3.8) is 0 Å². The normalized spacial score (nSPS) is 10.8. The van der Waals surface area contributed by atoms with E-state index in [0.29, 0.717) is 53.4 Å². The molecule has 107 heavy (non-hydrogen) atoms. The van der Waals surface area contributed by atoms with E-state index in [0.717, 1.165) is 30.0 Å². The summed E-state index contributed by atoms with van der Waals surface area (Å²) in [6.45, 7) is 80.4. The van der Waals surface area contributed by atoms with Crippen LogP contribution in [0.15, 0.2) is 159 Å². The summed E-state index contributed by atoms with van der Waals surface area (Å²) in [5, 5.41) is 27.3. The molecule has 2 aliphatic rings. The van der Waals surface area contributed by atoms with Gasteiger partial charge >= 0.3 is 0 Å². The number of carbonyl (C=O) groups is 1. The predicted octanol–water partition coefficient (Wildman–Crippen LogP) is 27.4. The first kappa shape index (κ1) is 112. The van der Waals surface area contributed by atoms with E-state index in [9.17, 15) is 4.79 Å². The monoisotopic (exact) mass is 1480 g/mol. The van der Waals surface area contributed by atoms with E-state index in [1.165, 1.54) is 76.3 Å².